The first kappa shape index (κ1) is 14.1. The van der Waals surface area contributed by atoms with Gasteiger partial charge < -0.3 is 5.73 Å². The standard InChI is InChI=1S/C17H19NS.ClH/c1-10-7-13-3-2-4-14(17(13)19-10)16-12-6-5-11(8-12)15(16)9-18;/h2-4,7,11-12H,5-6,8-9,18H2,1H3;1H. The van der Waals surface area contributed by atoms with Crippen LogP contribution >= 0.6 is 23.7 Å². The highest BCUT2D eigenvalue weighted by Gasteiger charge is 2.39. The second-order valence-corrected chi connectivity index (χ2v) is 7.19. The third-order valence-corrected chi connectivity index (χ3v) is 5.96. The number of halogens is 1. The Labute approximate surface area is 130 Å². The van der Waals surface area contributed by atoms with Crippen LogP contribution < -0.4 is 5.73 Å². The first-order valence-corrected chi connectivity index (χ1v) is 8.02. The van der Waals surface area contributed by atoms with Crippen molar-refractivity contribution in [3.05, 3.63) is 40.3 Å². The van der Waals surface area contributed by atoms with Gasteiger partial charge in [0.15, 0.2) is 0 Å². The Morgan fingerprint density at radius 3 is 2.85 bits per heavy atom. The molecule has 2 aromatic rings. The Kier molecular flexibility index (Phi) is 3.65. The van der Waals surface area contributed by atoms with Crippen LogP contribution in [0.2, 0.25) is 0 Å². The number of rotatable bonds is 2. The summed E-state index contributed by atoms with van der Waals surface area (Å²) in [6, 6.07) is 9.05. The Hall–Kier alpha value is -0.830. The van der Waals surface area contributed by atoms with Crippen molar-refractivity contribution in [1.29, 1.82) is 0 Å². The second kappa shape index (κ2) is 5.18. The van der Waals surface area contributed by atoms with Crippen molar-refractivity contribution in [2.75, 3.05) is 6.54 Å². The predicted molar refractivity (Wildman–Crippen MR) is 90.6 cm³/mol. The number of benzene rings is 1. The number of nitrogens with two attached hydrogens (primary N) is 1. The molecular weight excluding hydrogens is 286 g/mol. The molecule has 0 saturated heterocycles. The molecule has 2 aliphatic rings. The van der Waals surface area contributed by atoms with E-state index in [0.29, 0.717) is 0 Å². The van der Waals surface area contributed by atoms with E-state index < -0.39 is 0 Å². The van der Waals surface area contributed by atoms with E-state index in [1.807, 2.05) is 11.3 Å². The van der Waals surface area contributed by atoms with Crippen LogP contribution in [0.4, 0.5) is 0 Å². The summed E-state index contributed by atoms with van der Waals surface area (Å²) in [4.78, 5) is 1.40. The van der Waals surface area contributed by atoms with Gasteiger partial charge in [0.05, 0.1) is 0 Å². The maximum atomic E-state index is 6.04. The quantitative estimate of drug-likeness (QED) is 0.849. The minimum absolute atomic E-state index is 0. The fraction of sp³-hybridized carbons (Fsp3) is 0.412. The third-order valence-electron chi connectivity index (χ3n) is 4.86. The summed E-state index contributed by atoms with van der Waals surface area (Å²) < 4.78 is 1.47. The average Bonchev–Trinajstić information content (AvgIpc) is 3.08. The van der Waals surface area contributed by atoms with Crippen LogP contribution in [0.1, 0.15) is 29.7 Å². The van der Waals surface area contributed by atoms with Crippen molar-refractivity contribution in [3.63, 3.8) is 0 Å². The monoisotopic (exact) mass is 305 g/mol. The lowest BCUT2D eigenvalue weighted by molar-refractivity contribution is 0.646. The smallest absolute Gasteiger partial charge is 0.0420 e. The number of hydrogen-bond acceptors (Lipinski definition) is 2. The minimum atomic E-state index is 0. The SMILES string of the molecule is Cc1cc2cccc(C3=C(CN)C4CCC3C4)c2s1.Cl. The molecule has 1 heterocycles. The first-order chi connectivity index (χ1) is 9.28. The van der Waals surface area contributed by atoms with Crippen LogP contribution in [-0.4, -0.2) is 6.54 Å². The molecule has 0 aliphatic heterocycles. The van der Waals surface area contributed by atoms with E-state index in [-0.39, 0.29) is 12.4 Å². The molecule has 2 atom stereocenters. The molecular formula is C17H20ClNS. The molecule has 2 bridgehead atoms. The number of allylic oxidation sites excluding steroid dienone is 1. The highest BCUT2D eigenvalue weighted by Crippen LogP contribution is 2.53. The normalized spacial score (nSPS) is 24.5. The zero-order valence-corrected chi connectivity index (χ0v) is 13.3. The summed E-state index contributed by atoms with van der Waals surface area (Å²) >= 11 is 1.93. The maximum Gasteiger partial charge on any atom is 0.0420 e. The molecule has 1 saturated carbocycles. The molecule has 20 heavy (non-hydrogen) atoms. The molecule has 2 unspecified atom stereocenters. The lowest BCUT2D eigenvalue weighted by Gasteiger charge is -2.19. The molecule has 1 aromatic heterocycles. The van der Waals surface area contributed by atoms with Crippen LogP contribution in [0.25, 0.3) is 15.7 Å². The topological polar surface area (TPSA) is 26.0 Å². The fourth-order valence-corrected chi connectivity index (χ4v) is 5.16. The molecule has 0 amide bonds. The van der Waals surface area contributed by atoms with Gasteiger partial charge in [0.1, 0.15) is 0 Å². The van der Waals surface area contributed by atoms with Gasteiger partial charge in [-0.05, 0) is 66.2 Å². The average molecular weight is 306 g/mol. The molecule has 0 radical (unpaired) electrons. The molecule has 1 fully saturated rings. The number of aryl methyl sites for hydroxylation is 1. The fourth-order valence-electron chi connectivity index (χ4n) is 4.12. The molecule has 2 aliphatic carbocycles. The maximum absolute atomic E-state index is 6.04. The van der Waals surface area contributed by atoms with Crippen molar-refractivity contribution in [2.24, 2.45) is 17.6 Å². The second-order valence-electron chi connectivity index (χ2n) is 5.93. The van der Waals surface area contributed by atoms with Crippen LogP contribution in [0.3, 0.4) is 0 Å². The van der Waals surface area contributed by atoms with Gasteiger partial charge in [-0.1, -0.05) is 18.2 Å². The Balaban J connectivity index is 0.00000121. The van der Waals surface area contributed by atoms with E-state index in [0.717, 1.165) is 18.4 Å². The van der Waals surface area contributed by atoms with E-state index in [1.54, 1.807) is 11.1 Å². The van der Waals surface area contributed by atoms with Gasteiger partial charge in [0.25, 0.3) is 0 Å². The van der Waals surface area contributed by atoms with Gasteiger partial charge in [-0.15, -0.1) is 23.7 Å². The van der Waals surface area contributed by atoms with Crippen molar-refractivity contribution in [1.82, 2.24) is 0 Å². The lowest BCUT2D eigenvalue weighted by atomic mass is 9.87. The summed E-state index contributed by atoms with van der Waals surface area (Å²) in [7, 11) is 0. The summed E-state index contributed by atoms with van der Waals surface area (Å²) in [5.74, 6) is 1.55. The van der Waals surface area contributed by atoms with Crippen molar-refractivity contribution >= 4 is 39.4 Å². The first-order valence-electron chi connectivity index (χ1n) is 7.20. The highest BCUT2D eigenvalue weighted by molar-refractivity contribution is 7.19. The largest absolute Gasteiger partial charge is 0.327 e. The van der Waals surface area contributed by atoms with Crippen LogP contribution in [0.5, 0.6) is 0 Å². The number of fused-ring (bicyclic) bond motifs is 3. The Morgan fingerprint density at radius 2 is 2.05 bits per heavy atom. The van der Waals surface area contributed by atoms with Gasteiger partial charge in [0, 0.05) is 16.1 Å². The van der Waals surface area contributed by atoms with E-state index >= 15 is 0 Å². The minimum Gasteiger partial charge on any atom is -0.327 e. The zero-order valence-electron chi connectivity index (χ0n) is 11.7. The lowest BCUT2D eigenvalue weighted by Crippen LogP contribution is -2.12. The van der Waals surface area contributed by atoms with Crippen molar-refractivity contribution < 1.29 is 0 Å². The van der Waals surface area contributed by atoms with E-state index in [1.165, 1.54) is 39.8 Å². The van der Waals surface area contributed by atoms with Gasteiger partial charge in [-0.2, -0.15) is 0 Å². The van der Waals surface area contributed by atoms with E-state index in [9.17, 15) is 0 Å². The van der Waals surface area contributed by atoms with Crippen LogP contribution in [-0.2, 0) is 0 Å². The Morgan fingerprint density at radius 1 is 1.25 bits per heavy atom. The summed E-state index contributed by atoms with van der Waals surface area (Å²) in [5, 5.41) is 1.40. The van der Waals surface area contributed by atoms with E-state index in [4.69, 9.17) is 5.73 Å². The predicted octanol–water partition coefficient (Wildman–Crippen LogP) is 4.77. The van der Waals surface area contributed by atoms with Crippen molar-refractivity contribution in [2.45, 2.75) is 26.2 Å². The molecule has 3 heteroatoms. The molecule has 4 rings (SSSR count). The van der Waals surface area contributed by atoms with Crippen LogP contribution in [0.15, 0.2) is 29.8 Å². The molecule has 1 nitrogen and oxygen atoms in total. The van der Waals surface area contributed by atoms with Gasteiger partial charge >= 0.3 is 0 Å². The van der Waals surface area contributed by atoms with Gasteiger partial charge in [0.2, 0.25) is 0 Å². The van der Waals surface area contributed by atoms with Crippen molar-refractivity contribution in [3.8, 4) is 0 Å². The van der Waals surface area contributed by atoms with Gasteiger partial charge in [-0.25, -0.2) is 0 Å². The number of thiophene rings is 1. The van der Waals surface area contributed by atoms with E-state index in [2.05, 4.69) is 31.2 Å². The molecule has 106 valence electrons. The third kappa shape index (κ3) is 1.93. The molecule has 1 aromatic carbocycles. The summed E-state index contributed by atoms with van der Waals surface area (Å²) in [5.41, 5.74) is 10.7. The molecule has 0 spiro atoms. The highest BCUT2D eigenvalue weighted by atomic mass is 35.5. The van der Waals surface area contributed by atoms with Crippen LogP contribution in [0, 0.1) is 18.8 Å². The molecule has 2 N–H and O–H groups in total. The Bertz CT molecular complexity index is 685. The summed E-state index contributed by atoms with van der Waals surface area (Å²) in [6.45, 7) is 2.95. The van der Waals surface area contributed by atoms with Gasteiger partial charge in [-0.3, -0.25) is 0 Å². The number of hydrogen-bond donors (Lipinski definition) is 1. The summed E-state index contributed by atoms with van der Waals surface area (Å²) in [6.07, 6.45) is 4.08. The zero-order chi connectivity index (χ0) is 13.0.